The molecule has 0 bridgehead atoms. The summed E-state index contributed by atoms with van der Waals surface area (Å²) < 4.78 is 42.3. The molecule has 1 N–H and O–H groups in total. The van der Waals surface area contributed by atoms with E-state index in [2.05, 4.69) is 70.5 Å². The van der Waals surface area contributed by atoms with Crippen LogP contribution < -0.4 is 5.32 Å². The minimum Gasteiger partial charge on any atom is -0.459 e. The molecule has 11 nitrogen and oxygen atoms in total. The van der Waals surface area contributed by atoms with E-state index in [0.717, 1.165) is 12.5 Å². The lowest BCUT2D eigenvalue weighted by molar-refractivity contribution is -0.0737. The number of benzene rings is 1. The summed E-state index contributed by atoms with van der Waals surface area (Å²) >= 11 is 0. The predicted molar refractivity (Wildman–Crippen MR) is 235 cm³/mol. The van der Waals surface area contributed by atoms with E-state index in [-0.39, 0.29) is 21.9 Å². The van der Waals surface area contributed by atoms with Gasteiger partial charge in [0, 0.05) is 71.8 Å². The average molecular weight is 856 g/mol. The highest BCUT2D eigenvalue weighted by Crippen LogP contribution is 2.47. The molecule has 0 amide bonds. The van der Waals surface area contributed by atoms with Crippen molar-refractivity contribution in [1.82, 2.24) is 15.1 Å². The third-order valence-electron chi connectivity index (χ3n) is 14.4. The molecule has 3 aliphatic heterocycles. The fourth-order valence-corrected chi connectivity index (χ4v) is 12.1. The molecule has 0 aromatic heterocycles. The van der Waals surface area contributed by atoms with Crippen molar-refractivity contribution in [3.8, 4) is 0 Å². The number of hydrogen-bond acceptors (Lipinski definition) is 11. The van der Waals surface area contributed by atoms with E-state index in [0.29, 0.717) is 51.4 Å². The zero-order valence-corrected chi connectivity index (χ0v) is 40.8. The van der Waals surface area contributed by atoms with Gasteiger partial charge in [0.1, 0.15) is 30.0 Å². The van der Waals surface area contributed by atoms with Gasteiger partial charge in [-0.2, -0.15) is 0 Å². The molecule has 12 heteroatoms. The normalized spacial score (nSPS) is 26.2. The van der Waals surface area contributed by atoms with Crippen LogP contribution in [0.5, 0.6) is 0 Å². The van der Waals surface area contributed by atoms with Crippen LogP contribution >= 0.6 is 0 Å². The third kappa shape index (κ3) is 11.0. The monoisotopic (exact) mass is 856 g/mol. The van der Waals surface area contributed by atoms with Crippen LogP contribution in [-0.4, -0.2) is 105 Å². The van der Waals surface area contributed by atoms with Crippen LogP contribution in [0.1, 0.15) is 210 Å². The zero-order chi connectivity index (χ0) is 46.3. The van der Waals surface area contributed by atoms with Gasteiger partial charge in [0.15, 0.2) is 5.82 Å². The first-order valence-corrected chi connectivity index (χ1v) is 22.4. The summed E-state index contributed by atoms with van der Waals surface area (Å²) in [5.41, 5.74) is -5.26. The third-order valence-corrected chi connectivity index (χ3v) is 14.4. The van der Waals surface area contributed by atoms with E-state index < -0.39 is 98.5 Å². The predicted octanol–water partition coefficient (Wildman–Crippen LogP) is 9.67. The minimum absolute atomic E-state index is 0.161. The molecule has 0 radical (unpaired) electrons. The number of piperidine rings is 3. The Hall–Kier alpha value is -3.09. The Labute approximate surface area is 365 Å². The van der Waals surface area contributed by atoms with Crippen molar-refractivity contribution in [3.63, 3.8) is 0 Å². The van der Waals surface area contributed by atoms with Crippen molar-refractivity contribution in [2.45, 2.75) is 226 Å². The molecule has 4 fully saturated rings. The maximum atomic E-state index is 17.6. The lowest BCUT2D eigenvalue weighted by Crippen LogP contribution is -2.60. The van der Waals surface area contributed by atoms with Gasteiger partial charge >= 0.3 is 23.9 Å². The highest BCUT2D eigenvalue weighted by Gasteiger charge is 2.48. The Bertz CT molecular complexity index is 1830. The summed E-state index contributed by atoms with van der Waals surface area (Å²) in [6, 6.07) is 1.02. The first-order chi connectivity index (χ1) is 27.5. The van der Waals surface area contributed by atoms with Crippen LogP contribution in [0.4, 0.5) is 4.39 Å². The van der Waals surface area contributed by atoms with Crippen molar-refractivity contribution in [1.29, 1.82) is 0 Å². The summed E-state index contributed by atoms with van der Waals surface area (Å²) in [5.74, 6) is -5.54. The van der Waals surface area contributed by atoms with Crippen molar-refractivity contribution in [3.05, 3.63) is 34.1 Å². The highest BCUT2D eigenvalue weighted by molar-refractivity contribution is 6.12. The summed E-state index contributed by atoms with van der Waals surface area (Å²) in [5, 5.41) is 3.57. The number of likely N-dealkylation sites (tertiary alicyclic amines) is 2. The molecule has 344 valence electrons. The van der Waals surface area contributed by atoms with Crippen LogP contribution in [0.15, 0.2) is 6.07 Å². The Morgan fingerprint density at radius 2 is 0.803 bits per heavy atom. The molecule has 3 heterocycles. The van der Waals surface area contributed by atoms with Gasteiger partial charge in [0.25, 0.3) is 0 Å². The second-order valence-electron chi connectivity index (χ2n) is 24.5. The van der Waals surface area contributed by atoms with E-state index in [1.165, 1.54) is 0 Å². The van der Waals surface area contributed by atoms with Crippen molar-refractivity contribution >= 4 is 23.9 Å². The van der Waals surface area contributed by atoms with E-state index >= 15 is 4.39 Å². The maximum absolute atomic E-state index is 17.6. The van der Waals surface area contributed by atoms with Gasteiger partial charge in [-0.25, -0.2) is 23.6 Å². The molecule has 61 heavy (non-hydrogen) atoms. The molecular weight excluding hydrogens is 778 g/mol. The second-order valence-corrected chi connectivity index (χ2v) is 24.5. The number of nitrogens with zero attached hydrogens (tertiary/aromatic N) is 2. The number of esters is 4. The molecule has 1 aromatic carbocycles. The number of rotatable bonds is 8. The van der Waals surface area contributed by atoms with Gasteiger partial charge in [-0.15, -0.1) is 0 Å². The quantitative estimate of drug-likeness (QED) is 0.199. The molecular formula is C49H78FN3O8. The number of carbonyl (C=O) groups excluding carboxylic acids is 4. The molecule has 1 aliphatic carbocycles. The Balaban J connectivity index is 1.67. The molecule has 0 spiro atoms. The standard InChI is InChI=1S/C49H78FN3O8/c1-42(2)20-29(21-43(3,4)28-42)58-39(55)34-19-33(38(54)59-31-24-46(9,10)52(17)47(11,12)25-31)35(40(56)60-30-22-44(5,6)51-45(7,8)23-30)36(37(34)50)41(57)61-32-26-48(13,14)53(18)49(15,16)27-32/h19,29-32,51H,20-28H2,1-18H3. The Morgan fingerprint density at radius 3 is 1.20 bits per heavy atom. The number of hydrogen-bond donors (Lipinski definition) is 1. The fourth-order valence-electron chi connectivity index (χ4n) is 12.1. The van der Waals surface area contributed by atoms with Gasteiger partial charge in [0.2, 0.25) is 0 Å². The average Bonchev–Trinajstić information content (AvgIpc) is 3.02. The molecule has 4 aliphatic rings. The van der Waals surface area contributed by atoms with Gasteiger partial charge in [-0.1, -0.05) is 27.7 Å². The number of halogens is 1. The fraction of sp³-hybridized carbons (Fsp3) is 0.796. The van der Waals surface area contributed by atoms with Crippen LogP contribution in [-0.2, 0) is 18.9 Å². The number of carbonyl (C=O) groups is 4. The van der Waals surface area contributed by atoms with Crippen LogP contribution in [0.2, 0.25) is 0 Å². The first kappa shape index (κ1) is 48.9. The Morgan fingerprint density at radius 1 is 0.492 bits per heavy atom. The summed E-state index contributed by atoms with van der Waals surface area (Å²) in [6.45, 7) is 32.9. The van der Waals surface area contributed by atoms with E-state index in [1.54, 1.807) is 0 Å². The van der Waals surface area contributed by atoms with Crippen molar-refractivity contribution in [2.24, 2.45) is 10.8 Å². The van der Waals surface area contributed by atoms with Crippen molar-refractivity contribution in [2.75, 3.05) is 14.1 Å². The van der Waals surface area contributed by atoms with Gasteiger partial charge in [-0.05, 0) is 133 Å². The molecule has 1 aromatic rings. The lowest BCUT2D eigenvalue weighted by Gasteiger charge is -2.53. The molecule has 0 atom stereocenters. The number of ether oxygens (including phenoxy) is 4. The van der Waals surface area contributed by atoms with Gasteiger partial charge in [0.05, 0.1) is 16.7 Å². The molecule has 1 saturated carbocycles. The second kappa shape index (κ2) is 16.2. The topological polar surface area (TPSA) is 124 Å². The minimum atomic E-state index is -1.30. The zero-order valence-electron chi connectivity index (χ0n) is 40.8. The Kier molecular flexibility index (Phi) is 13.0. The maximum Gasteiger partial charge on any atom is 0.342 e. The van der Waals surface area contributed by atoms with Crippen molar-refractivity contribution < 1.29 is 42.5 Å². The van der Waals surface area contributed by atoms with Crippen LogP contribution in [0.3, 0.4) is 0 Å². The SMILES string of the molecule is CN1C(C)(C)CC(OC(=O)c2cc(C(=O)OC3CC(C)(C)CC(C)(C)C3)c(F)c(C(=O)OC3CC(C)(C)N(C)C(C)(C)C3)c2C(=O)OC2CC(C)(C)NC(C)(C)C2)CC1(C)C. The highest BCUT2D eigenvalue weighted by atomic mass is 19.1. The smallest absolute Gasteiger partial charge is 0.342 e. The summed E-state index contributed by atoms with van der Waals surface area (Å²) in [6.07, 6.45) is 2.14. The summed E-state index contributed by atoms with van der Waals surface area (Å²) in [4.78, 5) is 63.1. The molecule has 3 saturated heterocycles. The largest absolute Gasteiger partial charge is 0.459 e. The van der Waals surface area contributed by atoms with Crippen LogP contribution in [0, 0.1) is 16.6 Å². The van der Waals surface area contributed by atoms with E-state index in [9.17, 15) is 19.2 Å². The number of nitrogens with one attached hydrogen (secondary N) is 1. The first-order valence-electron chi connectivity index (χ1n) is 22.4. The van der Waals surface area contributed by atoms with E-state index in [1.807, 2.05) is 69.5 Å². The van der Waals surface area contributed by atoms with Crippen LogP contribution in [0.25, 0.3) is 0 Å². The summed E-state index contributed by atoms with van der Waals surface area (Å²) in [7, 11) is 4.05. The molecule has 5 rings (SSSR count). The lowest BCUT2D eigenvalue weighted by atomic mass is 9.64. The van der Waals surface area contributed by atoms with Gasteiger partial charge < -0.3 is 24.3 Å². The van der Waals surface area contributed by atoms with E-state index in [4.69, 9.17) is 18.9 Å². The molecule has 0 unspecified atom stereocenters. The van der Waals surface area contributed by atoms with Gasteiger partial charge in [-0.3, -0.25) is 9.80 Å².